The van der Waals surface area contributed by atoms with E-state index in [1.807, 2.05) is 55.5 Å². The largest absolute Gasteiger partial charge is 0.450 e. The first-order valence-corrected chi connectivity index (χ1v) is 14.4. The molecule has 0 radical (unpaired) electrons. The number of hydrogen-bond donors (Lipinski definition) is 1. The van der Waals surface area contributed by atoms with Gasteiger partial charge in [-0.15, -0.1) is 0 Å². The van der Waals surface area contributed by atoms with E-state index in [0.29, 0.717) is 41.7 Å². The minimum Gasteiger partial charge on any atom is -0.450 e. The van der Waals surface area contributed by atoms with Gasteiger partial charge in [0.2, 0.25) is 0 Å². The van der Waals surface area contributed by atoms with E-state index in [-0.39, 0.29) is 11.5 Å². The number of anilines is 1. The Balaban J connectivity index is 1.67. The van der Waals surface area contributed by atoms with Gasteiger partial charge in [0.1, 0.15) is 5.76 Å². The highest BCUT2D eigenvalue weighted by Gasteiger charge is 2.32. The van der Waals surface area contributed by atoms with Crippen molar-refractivity contribution in [3.63, 3.8) is 0 Å². The molecule has 4 aromatic rings. The minimum absolute atomic E-state index is 0.221. The number of fused-ring (bicyclic) bond motifs is 1. The number of para-hydroxylation sites is 1. The van der Waals surface area contributed by atoms with Crippen LogP contribution in [0.4, 0.5) is 5.69 Å². The fourth-order valence-electron chi connectivity index (χ4n) is 4.27. The second kappa shape index (κ2) is 10.5. The molecule has 0 spiro atoms. The third-order valence-corrected chi connectivity index (χ3v) is 9.27. The van der Waals surface area contributed by atoms with Gasteiger partial charge >= 0.3 is 0 Å². The van der Waals surface area contributed by atoms with Crippen molar-refractivity contribution in [2.45, 2.75) is 32.7 Å². The fraction of sp³-hybridized carbons (Fsp3) is 0.179. The van der Waals surface area contributed by atoms with Crippen molar-refractivity contribution in [1.29, 1.82) is 0 Å². The Morgan fingerprint density at radius 3 is 2.51 bits per heavy atom. The van der Waals surface area contributed by atoms with Crippen molar-refractivity contribution in [2.24, 2.45) is 4.99 Å². The van der Waals surface area contributed by atoms with E-state index in [2.05, 4.69) is 69.8 Å². The summed E-state index contributed by atoms with van der Waals surface area (Å²) in [5.74, 6) is 0.644. The standard InChI is InChI=1S/C28H23BrIN3O3S/c1-15(2)17-9-11-18(12-10-17)24-23(26(34)32-19-7-5-4-6-8-19)16(3)31-28-33(24)27(35)22(37-28)14-20-13-21(29)25(30)36-20/h4-15,24H,1-3H3,(H,32,34)/b22-14+/t24-/m0/s1. The highest BCUT2D eigenvalue weighted by Crippen LogP contribution is 2.32. The maximum absolute atomic E-state index is 13.8. The summed E-state index contributed by atoms with van der Waals surface area (Å²) in [5.41, 5.74) is 3.51. The second-order valence-electron chi connectivity index (χ2n) is 8.99. The Bertz CT molecular complexity index is 1680. The normalized spacial score (nSPS) is 15.6. The van der Waals surface area contributed by atoms with Crippen LogP contribution in [0.2, 0.25) is 0 Å². The lowest BCUT2D eigenvalue weighted by molar-refractivity contribution is -0.113. The molecule has 0 aliphatic carbocycles. The van der Waals surface area contributed by atoms with Gasteiger partial charge < -0.3 is 9.73 Å². The number of halogens is 2. The Kier molecular flexibility index (Phi) is 7.37. The summed E-state index contributed by atoms with van der Waals surface area (Å²) in [7, 11) is 0. The van der Waals surface area contributed by atoms with Crippen LogP contribution in [0.25, 0.3) is 6.08 Å². The van der Waals surface area contributed by atoms with Crippen LogP contribution in [0.3, 0.4) is 0 Å². The number of carbonyl (C=O) groups excluding carboxylic acids is 1. The summed E-state index contributed by atoms with van der Waals surface area (Å²) < 4.78 is 9.37. The third-order valence-electron chi connectivity index (χ3n) is 6.15. The molecule has 1 aliphatic rings. The van der Waals surface area contributed by atoms with E-state index in [4.69, 9.17) is 9.41 Å². The van der Waals surface area contributed by atoms with Crippen molar-refractivity contribution in [3.8, 4) is 0 Å². The smallest absolute Gasteiger partial charge is 0.271 e. The molecule has 1 N–H and O–H groups in total. The number of carbonyl (C=O) groups is 1. The first-order chi connectivity index (χ1) is 17.7. The lowest BCUT2D eigenvalue weighted by Gasteiger charge is -2.25. The zero-order valence-electron chi connectivity index (χ0n) is 20.3. The molecule has 2 aromatic heterocycles. The van der Waals surface area contributed by atoms with Gasteiger partial charge in [0.15, 0.2) is 8.57 Å². The van der Waals surface area contributed by atoms with Crippen molar-refractivity contribution in [3.05, 3.63) is 117 Å². The van der Waals surface area contributed by atoms with Gasteiger partial charge in [0.05, 0.1) is 26.3 Å². The lowest BCUT2D eigenvalue weighted by atomic mass is 9.93. The summed E-state index contributed by atoms with van der Waals surface area (Å²) in [5, 5.41) is 2.98. The number of nitrogens with zero attached hydrogens (tertiary/aromatic N) is 2. The van der Waals surface area contributed by atoms with Crippen molar-refractivity contribution in [2.75, 3.05) is 5.32 Å². The molecular weight excluding hydrogens is 665 g/mol. The van der Waals surface area contributed by atoms with E-state index < -0.39 is 6.04 Å². The van der Waals surface area contributed by atoms with Crippen LogP contribution < -0.4 is 20.2 Å². The number of allylic oxidation sites excluding steroid dienone is 1. The summed E-state index contributed by atoms with van der Waals surface area (Å²) in [6.07, 6.45) is 1.72. The van der Waals surface area contributed by atoms with Gasteiger partial charge in [-0.2, -0.15) is 0 Å². The average Bonchev–Trinajstić information content (AvgIpc) is 3.35. The zero-order chi connectivity index (χ0) is 26.3. The maximum Gasteiger partial charge on any atom is 0.271 e. The van der Waals surface area contributed by atoms with Crippen LogP contribution >= 0.6 is 49.9 Å². The fourth-order valence-corrected chi connectivity index (χ4v) is 6.02. The lowest BCUT2D eigenvalue weighted by Crippen LogP contribution is -2.40. The van der Waals surface area contributed by atoms with Gasteiger partial charge in [-0.25, -0.2) is 4.99 Å². The predicted octanol–water partition coefficient (Wildman–Crippen LogP) is 5.96. The molecule has 1 amide bonds. The molecule has 3 heterocycles. The van der Waals surface area contributed by atoms with Crippen LogP contribution in [0.5, 0.6) is 0 Å². The molecule has 0 saturated heterocycles. The summed E-state index contributed by atoms with van der Waals surface area (Å²) in [6, 6.07) is 18.6. The molecule has 1 atom stereocenters. The number of hydrogen-bond acceptors (Lipinski definition) is 5. The van der Waals surface area contributed by atoms with Crippen LogP contribution in [-0.4, -0.2) is 10.5 Å². The Labute approximate surface area is 239 Å². The van der Waals surface area contributed by atoms with Gasteiger partial charge in [0, 0.05) is 34.4 Å². The molecule has 9 heteroatoms. The van der Waals surface area contributed by atoms with Crippen molar-refractivity contribution in [1.82, 2.24) is 4.57 Å². The first kappa shape index (κ1) is 25.9. The van der Waals surface area contributed by atoms with E-state index in [0.717, 1.165) is 10.0 Å². The molecule has 0 unspecified atom stereocenters. The molecular formula is C28H23BrIN3O3S. The summed E-state index contributed by atoms with van der Waals surface area (Å²) in [6.45, 7) is 6.09. The topological polar surface area (TPSA) is 76.6 Å². The molecule has 5 rings (SSSR count). The maximum atomic E-state index is 13.8. The SMILES string of the molecule is CC1=C(C(=O)Nc2ccccc2)[C@H](c2ccc(C(C)C)cc2)n2c(s/c(=C/c3cc(Br)c(I)o3)c2=O)=N1. The van der Waals surface area contributed by atoms with Crippen molar-refractivity contribution >= 4 is 67.5 Å². The van der Waals surface area contributed by atoms with Gasteiger partial charge in [-0.1, -0.05) is 67.6 Å². The number of rotatable bonds is 5. The van der Waals surface area contributed by atoms with Gasteiger partial charge in [0.25, 0.3) is 11.5 Å². The number of benzene rings is 2. The molecule has 37 heavy (non-hydrogen) atoms. The molecule has 0 bridgehead atoms. The number of furan rings is 1. The average molecular weight is 688 g/mol. The third kappa shape index (κ3) is 5.17. The number of amides is 1. The van der Waals surface area contributed by atoms with Crippen LogP contribution in [-0.2, 0) is 4.79 Å². The van der Waals surface area contributed by atoms with E-state index in [1.165, 1.54) is 16.9 Å². The highest BCUT2D eigenvalue weighted by molar-refractivity contribution is 14.1. The number of thiazole rings is 1. The summed E-state index contributed by atoms with van der Waals surface area (Å²) >= 11 is 6.82. The Morgan fingerprint density at radius 2 is 1.89 bits per heavy atom. The monoisotopic (exact) mass is 687 g/mol. The van der Waals surface area contributed by atoms with E-state index in [1.54, 1.807) is 10.6 Å². The molecule has 0 fully saturated rings. The van der Waals surface area contributed by atoms with Gasteiger partial charge in [-0.3, -0.25) is 14.2 Å². The molecule has 0 saturated carbocycles. The van der Waals surface area contributed by atoms with Crippen LogP contribution in [0, 0.1) is 3.77 Å². The molecule has 188 valence electrons. The number of aromatic nitrogens is 1. The van der Waals surface area contributed by atoms with Crippen molar-refractivity contribution < 1.29 is 9.21 Å². The predicted molar refractivity (Wildman–Crippen MR) is 158 cm³/mol. The molecule has 6 nitrogen and oxygen atoms in total. The molecule has 1 aliphatic heterocycles. The Morgan fingerprint density at radius 1 is 1.19 bits per heavy atom. The van der Waals surface area contributed by atoms with Gasteiger partial charge in [-0.05, 0) is 58.1 Å². The minimum atomic E-state index is -0.619. The Hall–Kier alpha value is -2.76. The number of nitrogens with one attached hydrogen (secondary N) is 1. The highest BCUT2D eigenvalue weighted by atomic mass is 127. The first-order valence-electron chi connectivity index (χ1n) is 11.7. The quantitative estimate of drug-likeness (QED) is 0.263. The van der Waals surface area contributed by atoms with Crippen LogP contribution in [0.1, 0.15) is 49.6 Å². The zero-order valence-corrected chi connectivity index (χ0v) is 24.8. The second-order valence-corrected chi connectivity index (χ2v) is 11.8. The van der Waals surface area contributed by atoms with E-state index >= 15 is 0 Å². The van der Waals surface area contributed by atoms with E-state index in [9.17, 15) is 9.59 Å². The summed E-state index contributed by atoms with van der Waals surface area (Å²) in [4.78, 5) is 32.6. The molecule has 2 aromatic carbocycles. The van der Waals surface area contributed by atoms with Crippen LogP contribution in [0.15, 0.2) is 90.6 Å².